The van der Waals surface area contributed by atoms with Gasteiger partial charge in [-0.05, 0) is 19.2 Å². The molecular weight excluding hydrogens is 428 g/mol. The van der Waals surface area contributed by atoms with Gasteiger partial charge in [-0.25, -0.2) is 9.97 Å². The smallest absolute Gasteiger partial charge is 0.303 e. The fourth-order valence-electron chi connectivity index (χ4n) is 3.66. The number of anilines is 1. The van der Waals surface area contributed by atoms with Gasteiger partial charge >= 0.3 is 17.9 Å². The lowest BCUT2D eigenvalue weighted by Gasteiger charge is -2.34. The predicted molar refractivity (Wildman–Crippen MR) is 110 cm³/mol. The predicted octanol–water partition coefficient (Wildman–Crippen LogP) is 1.45. The normalized spacial score (nSPS) is 25.4. The van der Waals surface area contributed by atoms with E-state index in [0.717, 1.165) is 0 Å². The van der Waals surface area contributed by atoms with Gasteiger partial charge in [0.2, 0.25) is 0 Å². The van der Waals surface area contributed by atoms with E-state index in [1.54, 1.807) is 23.8 Å². The van der Waals surface area contributed by atoms with E-state index in [1.165, 1.54) is 32.5 Å². The van der Waals surface area contributed by atoms with E-state index in [9.17, 15) is 14.4 Å². The Morgan fingerprint density at radius 2 is 1.94 bits per heavy atom. The van der Waals surface area contributed by atoms with Crippen LogP contribution in [0.2, 0.25) is 0 Å². The van der Waals surface area contributed by atoms with Crippen molar-refractivity contribution in [2.24, 2.45) is 0 Å². The molecule has 1 aliphatic heterocycles. The Morgan fingerprint density at radius 3 is 2.52 bits per heavy atom. The van der Waals surface area contributed by atoms with Gasteiger partial charge in [0.05, 0.1) is 5.39 Å². The van der Waals surface area contributed by atoms with Crippen molar-refractivity contribution >= 4 is 46.5 Å². The second kappa shape index (κ2) is 8.71. The molecule has 0 amide bonds. The number of rotatable bonds is 6. The molecule has 0 aromatic carbocycles. The number of nitrogens with zero attached hydrogens (tertiary/aromatic N) is 3. The molecule has 31 heavy (non-hydrogen) atoms. The van der Waals surface area contributed by atoms with Crippen molar-refractivity contribution in [3.05, 3.63) is 12.3 Å². The summed E-state index contributed by atoms with van der Waals surface area (Å²) in [6.07, 6.45) is 0.594. The molecule has 0 aliphatic carbocycles. The molecule has 2 aromatic heterocycles. The highest BCUT2D eigenvalue weighted by Crippen LogP contribution is 2.44. The van der Waals surface area contributed by atoms with Gasteiger partial charge in [0.15, 0.2) is 23.1 Å². The van der Waals surface area contributed by atoms with Gasteiger partial charge < -0.3 is 29.2 Å². The van der Waals surface area contributed by atoms with Crippen LogP contribution in [-0.4, -0.2) is 63.1 Å². The molecule has 0 spiro atoms. The topological polar surface area (TPSA) is 145 Å². The van der Waals surface area contributed by atoms with Gasteiger partial charge in [-0.15, -0.1) is 0 Å². The van der Waals surface area contributed by atoms with Crippen molar-refractivity contribution in [3.63, 3.8) is 0 Å². The summed E-state index contributed by atoms with van der Waals surface area (Å²) in [6.45, 7) is 5.11. The third-order valence-corrected chi connectivity index (χ3v) is 5.37. The minimum absolute atomic E-state index is 0.201. The highest BCUT2D eigenvalue weighted by Gasteiger charge is 2.60. The Balaban J connectivity index is 2.13. The Bertz CT molecular complexity index is 1030. The van der Waals surface area contributed by atoms with Gasteiger partial charge in [0, 0.05) is 27.0 Å². The number of hydrogen-bond acceptors (Lipinski definition) is 11. The van der Waals surface area contributed by atoms with Crippen LogP contribution in [0.3, 0.4) is 0 Å². The van der Waals surface area contributed by atoms with Gasteiger partial charge in [-0.3, -0.25) is 14.4 Å². The zero-order valence-electron chi connectivity index (χ0n) is 17.8. The summed E-state index contributed by atoms with van der Waals surface area (Å²) in [5.74, 6) is -1.45. The van der Waals surface area contributed by atoms with Gasteiger partial charge in [0.25, 0.3) is 0 Å². The quantitative estimate of drug-likeness (QED) is 0.294. The van der Waals surface area contributed by atoms with Crippen molar-refractivity contribution < 1.29 is 33.3 Å². The standard InChI is InChI=1S/C19H24N4O7S/c1-9(24)27-8-13-14(28-10(2)25)19(4,30-11(3)26)17(29-13)23-7-6-12-15(20)21-18(31-5)22-16(12)23/h6-7,13-14,17H,8H2,1-5H3,(H2,20,21,22)/t13-,14-,17?,19+/m1/s1. The fourth-order valence-corrected chi connectivity index (χ4v) is 4.02. The summed E-state index contributed by atoms with van der Waals surface area (Å²) in [6, 6.07) is 1.71. The summed E-state index contributed by atoms with van der Waals surface area (Å²) in [7, 11) is 0. The van der Waals surface area contributed by atoms with E-state index < -0.39 is 41.9 Å². The number of nitrogen functional groups attached to an aromatic ring is 1. The SMILES string of the molecule is CSc1nc(N)c2ccn(C3O[C@H](COC(C)=O)[C@@H](OC(C)=O)[C@]3(C)OC(C)=O)c2n1. The van der Waals surface area contributed by atoms with Crippen LogP contribution >= 0.6 is 11.8 Å². The molecule has 2 aromatic rings. The first-order valence-electron chi connectivity index (χ1n) is 9.40. The summed E-state index contributed by atoms with van der Waals surface area (Å²) in [4.78, 5) is 43.9. The van der Waals surface area contributed by atoms with Gasteiger partial charge in [-0.1, -0.05) is 11.8 Å². The van der Waals surface area contributed by atoms with E-state index >= 15 is 0 Å². The minimum Gasteiger partial charge on any atom is -0.463 e. The van der Waals surface area contributed by atoms with Crippen molar-refractivity contribution in [1.29, 1.82) is 0 Å². The second-order valence-electron chi connectivity index (χ2n) is 7.19. The molecule has 1 unspecified atom stereocenters. The number of hydrogen-bond donors (Lipinski definition) is 1. The van der Waals surface area contributed by atoms with E-state index in [4.69, 9.17) is 24.7 Å². The second-order valence-corrected chi connectivity index (χ2v) is 7.97. The Labute approximate surface area is 182 Å². The van der Waals surface area contributed by atoms with Crippen molar-refractivity contribution in [1.82, 2.24) is 14.5 Å². The molecule has 168 valence electrons. The van der Waals surface area contributed by atoms with Gasteiger partial charge in [0.1, 0.15) is 24.2 Å². The molecule has 3 rings (SSSR count). The average molecular weight is 452 g/mol. The van der Waals surface area contributed by atoms with E-state index in [2.05, 4.69) is 9.97 Å². The summed E-state index contributed by atoms with van der Waals surface area (Å²) in [5.41, 5.74) is 5.07. The highest BCUT2D eigenvalue weighted by atomic mass is 32.2. The van der Waals surface area contributed by atoms with Crippen LogP contribution in [0, 0.1) is 0 Å². The molecule has 4 atom stereocenters. The lowest BCUT2D eigenvalue weighted by atomic mass is 9.95. The maximum atomic E-state index is 12.0. The number of carbonyl (C=O) groups is 3. The van der Waals surface area contributed by atoms with Gasteiger partial charge in [-0.2, -0.15) is 0 Å². The summed E-state index contributed by atoms with van der Waals surface area (Å²) >= 11 is 1.32. The molecule has 0 bridgehead atoms. The third-order valence-electron chi connectivity index (χ3n) is 4.82. The molecule has 2 N–H and O–H groups in total. The summed E-state index contributed by atoms with van der Waals surface area (Å²) < 4.78 is 24.0. The molecule has 11 nitrogen and oxygen atoms in total. The largest absolute Gasteiger partial charge is 0.463 e. The zero-order chi connectivity index (χ0) is 22.9. The molecule has 3 heterocycles. The lowest BCUT2D eigenvalue weighted by Crippen LogP contribution is -2.50. The van der Waals surface area contributed by atoms with Crippen LogP contribution in [-0.2, 0) is 33.3 Å². The Hall–Kier alpha value is -2.86. The van der Waals surface area contributed by atoms with Crippen LogP contribution in [0.25, 0.3) is 11.0 Å². The maximum absolute atomic E-state index is 12.0. The fraction of sp³-hybridized carbons (Fsp3) is 0.526. The first-order valence-corrected chi connectivity index (χ1v) is 10.6. The molecule has 0 radical (unpaired) electrons. The molecule has 1 aliphatic rings. The van der Waals surface area contributed by atoms with E-state index in [1.807, 2.05) is 6.26 Å². The van der Waals surface area contributed by atoms with Crippen molar-refractivity contribution in [3.8, 4) is 0 Å². The van der Waals surface area contributed by atoms with Crippen LogP contribution in [0.15, 0.2) is 17.4 Å². The Morgan fingerprint density at radius 1 is 1.23 bits per heavy atom. The van der Waals surface area contributed by atoms with Crippen LogP contribution in [0.5, 0.6) is 0 Å². The molecule has 1 fully saturated rings. The first-order chi connectivity index (χ1) is 14.6. The Kier molecular flexibility index (Phi) is 6.41. The number of aromatic nitrogens is 3. The number of nitrogens with two attached hydrogens (primary N) is 1. The zero-order valence-corrected chi connectivity index (χ0v) is 18.6. The molecule has 0 saturated carbocycles. The van der Waals surface area contributed by atoms with E-state index in [0.29, 0.717) is 16.2 Å². The molecule has 1 saturated heterocycles. The van der Waals surface area contributed by atoms with Crippen LogP contribution in [0.4, 0.5) is 5.82 Å². The number of thioether (sulfide) groups is 1. The minimum atomic E-state index is -1.45. The number of esters is 3. The number of fused-ring (bicyclic) bond motifs is 1. The average Bonchev–Trinajstić information content (AvgIpc) is 3.19. The monoisotopic (exact) mass is 452 g/mol. The van der Waals surface area contributed by atoms with Crippen LogP contribution in [0.1, 0.15) is 33.9 Å². The van der Waals surface area contributed by atoms with Crippen LogP contribution < -0.4 is 5.73 Å². The molecule has 12 heteroatoms. The summed E-state index contributed by atoms with van der Waals surface area (Å²) in [5, 5.41) is 1.03. The highest BCUT2D eigenvalue weighted by molar-refractivity contribution is 7.98. The van der Waals surface area contributed by atoms with Crippen molar-refractivity contribution in [2.75, 3.05) is 18.6 Å². The lowest BCUT2D eigenvalue weighted by molar-refractivity contribution is -0.184. The van der Waals surface area contributed by atoms with E-state index in [-0.39, 0.29) is 12.4 Å². The first kappa shape index (κ1) is 22.8. The number of ether oxygens (including phenoxy) is 4. The number of carbonyl (C=O) groups excluding carboxylic acids is 3. The third kappa shape index (κ3) is 4.44. The maximum Gasteiger partial charge on any atom is 0.303 e. The van der Waals surface area contributed by atoms with Crippen molar-refractivity contribution in [2.45, 2.75) is 56.9 Å². The molecular formula is C19H24N4O7S.